The smallest absolute Gasteiger partial charge is 0.306 e. The summed E-state index contributed by atoms with van der Waals surface area (Å²) in [6.45, 7) is 6.51. The molecule has 0 radical (unpaired) electrons. The molecule has 0 rings (SSSR count). The zero-order chi connectivity index (χ0) is 48.8. The molecule has 6 heteroatoms. The molecule has 0 saturated carbocycles. The number of ether oxygens (including phenoxy) is 1. The quantitative estimate of drug-likeness (QED) is 0.0321. The SMILES string of the molecule is CCCCCC/C=C\CCCCCCCCCC(=O)OC(CCCCC/C=C/CCCCCCCCCCC)CC(=O)NC(CO)C(O)CCCCCCCCCCCCCCCCCCC. The van der Waals surface area contributed by atoms with Gasteiger partial charge in [-0.15, -0.1) is 0 Å². The number of carbonyl (C=O) groups excluding carboxylic acids is 2. The van der Waals surface area contributed by atoms with E-state index in [1.165, 1.54) is 225 Å². The summed E-state index contributed by atoms with van der Waals surface area (Å²) < 4.78 is 5.96. The van der Waals surface area contributed by atoms with E-state index < -0.39 is 18.2 Å². The summed E-state index contributed by atoms with van der Waals surface area (Å²) >= 11 is 0. The molecule has 0 fully saturated rings. The molecule has 0 aliphatic heterocycles. The van der Waals surface area contributed by atoms with Crippen LogP contribution in [0, 0.1) is 0 Å². The standard InChI is InChI=1S/C61H117NO5/c1-4-7-10-13-16-19-22-25-28-30-33-35-38-41-44-47-50-53-59(64)58(56-63)62-60(65)55-57(52-49-46-43-40-37-34-32-29-26-23-20-17-14-11-8-5-2)67-61(66)54-51-48-45-42-39-36-31-27-24-21-18-15-12-9-6-3/h21,24,34,37,57-59,63-64H,4-20,22-23,25-33,35-36,38-56H2,1-3H3,(H,62,65)/b24-21-,37-34+. The van der Waals surface area contributed by atoms with E-state index in [9.17, 15) is 19.8 Å². The van der Waals surface area contributed by atoms with Crippen LogP contribution >= 0.6 is 0 Å². The fourth-order valence-corrected chi connectivity index (χ4v) is 9.42. The van der Waals surface area contributed by atoms with Gasteiger partial charge in [0.2, 0.25) is 5.91 Å². The summed E-state index contributed by atoms with van der Waals surface area (Å²) in [5.41, 5.74) is 0. The first-order valence-electron chi connectivity index (χ1n) is 30.1. The highest BCUT2D eigenvalue weighted by atomic mass is 16.5. The lowest BCUT2D eigenvalue weighted by molar-refractivity contribution is -0.151. The molecule has 6 nitrogen and oxygen atoms in total. The molecule has 67 heavy (non-hydrogen) atoms. The number of nitrogens with one attached hydrogen (secondary N) is 1. The van der Waals surface area contributed by atoms with Crippen LogP contribution in [0.4, 0.5) is 0 Å². The van der Waals surface area contributed by atoms with Gasteiger partial charge in [-0.3, -0.25) is 9.59 Å². The van der Waals surface area contributed by atoms with E-state index in [0.29, 0.717) is 19.3 Å². The third kappa shape index (κ3) is 50.5. The number of unbranched alkanes of at least 4 members (excludes halogenated alkanes) is 39. The van der Waals surface area contributed by atoms with Crippen LogP contribution in [-0.4, -0.2) is 46.9 Å². The lowest BCUT2D eigenvalue weighted by atomic mass is 10.0. The lowest BCUT2D eigenvalue weighted by Gasteiger charge is -2.24. The third-order valence-corrected chi connectivity index (χ3v) is 14.0. The van der Waals surface area contributed by atoms with Crippen molar-refractivity contribution >= 4 is 11.9 Å². The van der Waals surface area contributed by atoms with Crippen molar-refractivity contribution < 1.29 is 24.5 Å². The maximum absolute atomic E-state index is 13.3. The normalized spacial score (nSPS) is 13.2. The first-order chi connectivity index (χ1) is 33.0. The molecule has 3 atom stereocenters. The van der Waals surface area contributed by atoms with E-state index in [-0.39, 0.29) is 24.9 Å². The number of hydrogen-bond donors (Lipinski definition) is 3. The maximum atomic E-state index is 13.3. The average Bonchev–Trinajstić information content (AvgIpc) is 3.32. The van der Waals surface area contributed by atoms with Crippen molar-refractivity contribution in [3.8, 4) is 0 Å². The number of rotatable bonds is 55. The van der Waals surface area contributed by atoms with Gasteiger partial charge < -0.3 is 20.3 Å². The predicted molar refractivity (Wildman–Crippen MR) is 292 cm³/mol. The van der Waals surface area contributed by atoms with E-state index in [4.69, 9.17) is 4.74 Å². The average molecular weight is 945 g/mol. The maximum Gasteiger partial charge on any atom is 0.306 e. The van der Waals surface area contributed by atoms with E-state index >= 15 is 0 Å². The van der Waals surface area contributed by atoms with Gasteiger partial charge in [-0.05, 0) is 77.0 Å². The van der Waals surface area contributed by atoms with E-state index in [1.807, 2.05) is 0 Å². The minimum absolute atomic E-state index is 0.0702. The molecule has 0 spiro atoms. The molecular weight excluding hydrogens is 827 g/mol. The van der Waals surface area contributed by atoms with Crippen LogP contribution in [0.15, 0.2) is 24.3 Å². The number of carbonyl (C=O) groups is 2. The van der Waals surface area contributed by atoms with Crippen LogP contribution in [0.5, 0.6) is 0 Å². The lowest BCUT2D eigenvalue weighted by Crippen LogP contribution is -2.46. The summed E-state index contributed by atoms with van der Waals surface area (Å²) in [4.78, 5) is 26.3. The first-order valence-corrected chi connectivity index (χ1v) is 30.1. The van der Waals surface area contributed by atoms with Gasteiger partial charge in [0.05, 0.1) is 25.2 Å². The fourth-order valence-electron chi connectivity index (χ4n) is 9.42. The van der Waals surface area contributed by atoms with Gasteiger partial charge in [0.15, 0.2) is 0 Å². The Labute approximate surface area is 418 Å². The van der Waals surface area contributed by atoms with Crippen LogP contribution in [0.2, 0.25) is 0 Å². The molecule has 0 aliphatic rings. The molecule has 0 aromatic heterocycles. The van der Waals surface area contributed by atoms with Crippen molar-refractivity contribution in [3.05, 3.63) is 24.3 Å². The second-order valence-electron chi connectivity index (χ2n) is 20.7. The number of aliphatic hydroxyl groups excluding tert-OH is 2. The second-order valence-corrected chi connectivity index (χ2v) is 20.7. The minimum atomic E-state index is -0.790. The van der Waals surface area contributed by atoms with Gasteiger partial charge in [-0.25, -0.2) is 0 Å². The molecular formula is C61H117NO5. The highest BCUT2D eigenvalue weighted by molar-refractivity contribution is 5.77. The number of amides is 1. The van der Waals surface area contributed by atoms with Crippen molar-refractivity contribution in [1.82, 2.24) is 5.32 Å². The monoisotopic (exact) mass is 944 g/mol. The Morgan fingerprint density at radius 2 is 0.716 bits per heavy atom. The number of aliphatic hydroxyl groups is 2. The molecule has 3 unspecified atom stereocenters. The summed E-state index contributed by atoms with van der Waals surface area (Å²) in [5, 5.41) is 23.9. The van der Waals surface area contributed by atoms with E-state index in [1.54, 1.807) is 0 Å². The van der Waals surface area contributed by atoms with Gasteiger partial charge in [-0.1, -0.05) is 263 Å². The summed E-state index contributed by atoms with van der Waals surface area (Å²) in [5.74, 6) is -0.476. The molecule has 3 N–H and O–H groups in total. The van der Waals surface area contributed by atoms with Crippen molar-refractivity contribution in [3.63, 3.8) is 0 Å². The Bertz CT molecular complexity index is 1060. The summed E-state index contributed by atoms with van der Waals surface area (Å²) in [6.07, 6.45) is 65.3. The Morgan fingerprint density at radius 3 is 1.09 bits per heavy atom. The van der Waals surface area contributed by atoms with Crippen molar-refractivity contribution in [2.24, 2.45) is 0 Å². The molecule has 396 valence electrons. The highest BCUT2D eigenvalue weighted by Gasteiger charge is 2.24. The Hall–Kier alpha value is -1.66. The van der Waals surface area contributed by atoms with Crippen molar-refractivity contribution in [1.29, 1.82) is 0 Å². The van der Waals surface area contributed by atoms with Crippen molar-refractivity contribution in [2.45, 2.75) is 347 Å². The minimum Gasteiger partial charge on any atom is -0.462 e. The Morgan fingerprint density at radius 1 is 0.418 bits per heavy atom. The molecule has 0 saturated heterocycles. The van der Waals surface area contributed by atoms with E-state index in [2.05, 4.69) is 50.4 Å². The number of allylic oxidation sites excluding steroid dienone is 4. The van der Waals surface area contributed by atoms with Gasteiger partial charge in [-0.2, -0.15) is 0 Å². The fraction of sp³-hybridized carbons (Fsp3) is 0.902. The molecule has 0 aromatic carbocycles. The van der Waals surface area contributed by atoms with E-state index in [0.717, 1.165) is 57.8 Å². The topological polar surface area (TPSA) is 95.9 Å². The van der Waals surface area contributed by atoms with Gasteiger partial charge >= 0.3 is 5.97 Å². The first kappa shape index (κ1) is 65.3. The third-order valence-electron chi connectivity index (χ3n) is 14.0. The summed E-state index contributed by atoms with van der Waals surface area (Å²) in [6, 6.07) is -0.705. The zero-order valence-corrected chi connectivity index (χ0v) is 45.3. The largest absolute Gasteiger partial charge is 0.462 e. The molecule has 0 bridgehead atoms. The van der Waals surface area contributed by atoms with Gasteiger partial charge in [0.1, 0.15) is 6.10 Å². The molecule has 0 aromatic rings. The zero-order valence-electron chi connectivity index (χ0n) is 45.3. The second kappa shape index (κ2) is 55.3. The highest BCUT2D eigenvalue weighted by Crippen LogP contribution is 2.19. The molecule has 1 amide bonds. The Kier molecular flexibility index (Phi) is 53.9. The van der Waals surface area contributed by atoms with Gasteiger partial charge in [0.25, 0.3) is 0 Å². The van der Waals surface area contributed by atoms with Crippen LogP contribution in [-0.2, 0) is 14.3 Å². The van der Waals surface area contributed by atoms with Crippen LogP contribution in [0.25, 0.3) is 0 Å². The molecule has 0 aliphatic carbocycles. The van der Waals surface area contributed by atoms with Crippen LogP contribution in [0.3, 0.4) is 0 Å². The van der Waals surface area contributed by atoms with Crippen LogP contribution in [0.1, 0.15) is 329 Å². The van der Waals surface area contributed by atoms with Crippen LogP contribution < -0.4 is 5.32 Å². The molecule has 0 heterocycles. The number of hydrogen-bond acceptors (Lipinski definition) is 5. The number of esters is 1. The summed E-state index contributed by atoms with van der Waals surface area (Å²) in [7, 11) is 0. The van der Waals surface area contributed by atoms with Crippen molar-refractivity contribution in [2.75, 3.05) is 6.61 Å². The van der Waals surface area contributed by atoms with Gasteiger partial charge in [0, 0.05) is 6.42 Å². The predicted octanol–water partition coefficient (Wildman–Crippen LogP) is 18.6. The Balaban J connectivity index is 4.53.